The summed E-state index contributed by atoms with van der Waals surface area (Å²) in [4.78, 5) is 15.7. The number of halogens is 6. The molecule has 1 spiro atoms. The number of rotatable bonds is 5. The smallest absolute Gasteiger partial charge is 0.453 e. The van der Waals surface area contributed by atoms with Crippen molar-refractivity contribution in [1.29, 1.82) is 0 Å². The first kappa shape index (κ1) is 34.9. The molecule has 3 fully saturated rings. The van der Waals surface area contributed by atoms with Crippen molar-refractivity contribution < 1.29 is 49.9 Å². The van der Waals surface area contributed by atoms with E-state index in [2.05, 4.69) is 0 Å². The molecule has 1 amide bonds. The summed E-state index contributed by atoms with van der Waals surface area (Å²) >= 11 is 0. The Morgan fingerprint density at radius 2 is 1.60 bits per heavy atom. The summed E-state index contributed by atoms with van der Waals surface area (Å²) in [6.45, 7) is 12.9. The lowest BCUT2D eigenvalue weighted by atomic mass is 9.73. The maximum absolute atomic E-state index is 15.8. The highest BCUT2D eigenvalue weighted by molar-refractivity contribution is 6.54. The number of hydrogen-bond donors (Lipinski definition) is 0. The number of ether oxygens (including phenoxy) is 2. The average molecular weight is 668 g/mol. The molecule has 14 heteroatoms. The van der Waals surface area contributed by atoms with Gasteiger partial charge in [-0.15, -0.1) is 0 Å². The van der Waals surface area contributed by atoms with Crippen LogP contribution in [0.1, 0.15) is 72.4 Å². The van der Waals surface area contributed by atoms with E-state index in [4.69, 9.17) is 18.8 Å². The van der Waals surface area contributed by atoms with Crippen LogP contribution in [0.4, 0.5) is 36.8 Å². The van der Waals surface area contributed by atoms with Crippen LogP contribution in [0.25, 0.3) is 6.08 Å². The van der Waals surface area contributed by atoms with Crippen molar-refractivity contribution >= 4 is 25.0 Å². The molecule has 2 aromatic rings. The van der Waals surface area contributed by atoms with Gasteiger partial charge in [0.2, 0.25) is 5.82 Å². The second kappa shape index (κ2) is 11.9. The Bertz CT molecular complexity index is 1550. The molecule has 3 aliphatic rings. The number of piperidine rings is 1. The minimum Gasteiger partial charge on any atom is -0.453 e. The minimum absolute atomic E-state index is 0.103. The minimum atomic E-state index is -5.06. The number of anilines is 1. The quantitative estimate of drug-likeness (QED) is 0.235. The number of carbonyl (C=O) groups excluding carboxylic acids is 1. The summed E-state index contributed by atoms with van der Waals surface area (Å²) in [5, 5.41) is 0. The molecule has 0 atom stereocenters. The van der Waals surface area contributed by atoms with E-state index in [0.29, 0.717) is 12.8 Å². The molecule has 3 heterocycles. The highest BCUT2D eigenvalue weighted by Crippen LogP contribution is 2.50. The molecule has 0 N–H and O–H groups in total. The number of alkyl halides is 3. The first-order valence-electron chi connectivity index (χ1n) is 15.4. The molecule has 0 bridgehead atoms. The van der Waals surface area contributed by atoms with Gasteiger partial charge >= 0.3 is 19.4 Å². The molecule has 3 saturated heterocycles. The van der Waals surface area contributed by atoms with Gasteiger partial charge < -0.3 is 28.6 Å². The summed E-state index contributed by atoms with van der Waals surface area (Å²) in [5.74, 6) is -4.27. The average Bonchev–Trinajstić information content (AvgIpc) is 3.15. The van der Waals surface area contributed by atoms with E-state index in [1.54, 1.807) is 48.5 Å². The van der Waals surface area contributed by atoms with Crippen molar-refractivity contribution in [2.75, 3.05) is 31.1 Å². The maximum Gasteiger partial charge on any atom is 0.525 e. The Hall–Kier alpha value is -3.39. The van der Waals surface area contributed by atoms with Crippen LogP contribution in [0.15, 0.2) is 36.1 Å². The third-order valence-electron chi connectivity index (χ3n) is 9.04. The molecule has 256 valence electrons. The molecule has 2 aromatic carbocycles. The number of likely N-dealkylation sites (tertiary alicyclic amines) is 1. The van der Waals surface area contributed by atoms with E-state index in [1.165, 1.54) is 15.9 Å². The van der Waals surface area contributed by atoms with Gasteiger partial charge in [-0.1, -0.05) is 6.07 Å². The van der Waals surface area contributed by atoms with Gasteiger partial charge in [0, 0.05) is 37.2 Å². The lowest BCUT2D eigenvalue weighted by Gasteiger charge is -2.55. The van der Waals surface area contributed by atoms with Gasteiger partial charge in [0.05, 0.1) is 16.9 Å². The van der Waals surface area contributed by atoms with Crippen LogP contribution < -0.4 is 9.64 Å². The Morgan fingerprint density at radius 1 is 0.957 bits per heavy atom. The molecular weight excluding hydrogens is 629 g/mol. The van der Waals surface area contributed by atoms with Crippen molar-refractivity contribution in [2.45, 2.75) is 84.3 Å². The Balaban J connectivity index is 1.57. The first-order valence-corrected chi connectivity index (χ1v) is 15.4. The van der Waals surface area contributed by atoms with Crippen LogP contribution in [0.3, 0.4) is 0 Å². The molecule has 7 nitrogen and oxygen atoms in total. The van der Waals surface area contributed by atoms with E-state index in [1.807, 2.05) is 0 Å². The van der Waals surface area contributed by atoms with E-state index in [-0.39, 0.29) is 31.7 Å². The van der Waals surface area contributed by atoms with Crippen molar-refractivity contribution in [3.05, 3.63) is 58.8 Å². The van der Waals surface area contributed by atoms with E-state index < -0.39 is 81.7 Å². The highest BCUT2D eigenvalue weighted by Gasteiger charge is 2.54. The Morgan fingerprint density at radius 3 is 2.19 bits per heavy atom. The van der Waals surface area contributed by atoms with E-state index >= 15 is 17.6 Å². The van der Waals surface area contributed by atoms with Crippen molar-refractivity contribution in [2.24, 2.45) is 5.41 Å². The molecule has 0 unspecified atom stereocenters. The Labute approximate surface area is 270 Å². The maximum atomic E-state index is 15.8. The fourth-order valence-electron chi connectivity index (χ4n) is 6.13. The highest BCUT2D eigenvalue weighted by atomic mass is 19.4. The molecule has 0 aromatic heterocycles. The third kappa shape index (κ3) is 7.08. The van der Waals surface area contributed by atoms with Crippen LogP contribution in [0, 0.1) is 17.0 Å². The van der Waals surface area contributed by atoms with Gasteiger partial charge in [-0.3, -0.25) is 0 Å². The van der Waals surface area contributed by atoms with Crippen molar-refractivity contribution in [3.63, 3.8) is 0 Å². The number of nitrogens with zero attached hydrogens (tertiary/aromatic N) is 2. The molecular formula is C33H39BF6N2O5. The van der Waals surface area contributed by atoms with Crippen LogP contribution in [0.2, 0.25) is 0 Å². The van der Waals surface area contributed by atoms with Crippen LogP contribution in [-0.2, 0) is 20.2 Å². The molecule has 5 rings (SSSR count). The predicted octanol–water partition coefficient (Wildman–Crippen LogP) is 8.56. The third-order valence-corrected chi connectivity index (χ3v) is 9.04. The lowest BCUT2D eigenvalue weighted by molar-refractivity contribution is -0.138. The van der Waals surface area contributed by atoms with E-state index in [9.17, 15) is 13.6 Å². The summed E-state index contributed by atoms with van der Waals surface area (Å²) in [7, 11) is -1.47. The zero-order valence-electron chi connectivity index (χ0n) is 27.5. The summed E-state index contributed by atoms with van der Waals surface area (Å²) in [5.41, 5.74) is -5.84. The zero-order valence-corrected chi connectivity index (χ0v) is 27.5. The van der Waals surface area contributed by atoms with Crippen molar-refractivity contribution in [1.82, 2.24) is 4.90 Å². The number of hydrogen-bond acceptors (Lipinski definition) is 6. The van der Waals surface area contributed by atoms with Gasteiger partial charge in [0.15, 0.2) is 11.6 Å². The standard InChI is InChI=1S/C33H39BF6N2O5/c1-29(2,3)45-28(43)42-18-32(19-42)14-9-15-41(17-32)27-20(16-24(36)34-46-30(4,5)31(6,7)47-34)12-13-22(25(27)33(38,39)40)44-23-11-8-10-21(35)26(23)37/h8,10-13,16H,9,14-15,17-19H2,1-7H3/b24-16-. The van der Waals surface area contributed by atoms with E-state index in [0.717, 1.165) is 30.3 Å². The molecule has 3 aliphatic heterocycles. The summed E-state index contributed by atoms with van der Waals surface area (Å²) in [6.07, 6.45) is -3.52. The predicted molar refractivity (Wildman–Crippen MR) is 165 cm³/mol. The lowest BCUT2D eigenvalue weighted by Crippen LogP contribution is -2.65. The van der Waals surface area contributed by atoms with Crippen LogP contribution in [0.5, 0.6) is 11.5 Å². The summed E-state index contributed by atoms with van der Waals surface area (Å²) < 4.78 is 112. The molecule has 0 radical (unpaired) electrons. The second-order valence-electron chi connectivity index (χ2n) is 14.5. The fraction of sp³-hybridized carbons (Fsp3) is 0.545. The fourth-order valence-corrected chi connectivity index (χ4v) is 6.13. The van der Waals surface area contributed by atoms with Gasteiger partial charge in [0.1, 0.15) is 22.6 Å². The number of amides is 1. The van der Waals surface area contributed by atoms with Gasteiger partial charge in [0.25, 0.3) is 0 Å². The normalized spacial score (nSPS) is 20.8. The number of carbonyl (C=O) groups is 1. The monoisotopic (exact) mass is 668 g/mol. The SMILES string of the molecule is CC(C)(C)OC(=O)N1CC2(CCCN(c3c(/C=C(\F)B4OC(C)(C)C(C)(C)O4)ccc(Oc4cccc(F)c4F)c3C(F)(F)F)C2)C1. The van der Waals surface area contributed by atoms with Crippen LogP contribution >= 0.6 is 0 Å². The van der Waals surface area contributed by atoms with Gasteiger partial charge in [-0.25, -0.2) is 13.6 Å². The van der Waals surface area contributed by atoms with Crippen molar-refractivity contribution in [3.8, 4) is 11.5 Å². The topological polar surface area (TPSA) is 60.5 Å². The van der Waals surface area contributed by atoms with Gasteiger partial charge in [-0.2, -0.15) is 17.6 Å². The number of benzene rings is 2. The van der Waals surface area contributed by atoms with Gasteiger partial charge in [-0.05, 0) is 91.6 Å². The second-order valence-corrected chi connectivity index (χ2v) is 14.5. The molecule has 47 heavy (non-hydrogen) atoms. The first-order chi connectivity index (χ1) is 21.6. The largest absolute Gasteiger partial charge is 0.525 e. The van der Waals surface area contributed by atoms with Crippen LogP contribution in [-0.4, -0.2) is 61.1 Å². The zero-order chi connectivity index (χ0) is 34.7. The molecule has 0 saturated carbocycles. The molecule has 0 aliphatic carbocycles. The Kier molecular flexibility index (Phi) is 8.88. The summed E-state index contributed by atoms with van der Waals surface area (Å²) in [6, 6.07) is 5.13.